The number of aliphatic carboxylic acids is 1. The molecule has 0 aromatic heterocycles. The number of ether oxygens (including phenoxy) is 1. The molecule has 2 N–H and O–H groups in total. The second-order valence-corrected chi connectivity index (χ2v) is 5.61. The average molecular weight is 269 g/mol. The first-order valence-electron chi connectivity index (χ1n) is 7.33. The first kappa shape index (κ1) is 14.3. The van der Waals surface area contributed by atoms with E-state index < -0.39 is 18.2 Å². The van der Waals surface area contributed by atoms with Crippen molar-refractivity contribution in [2.45, 2.75) is 63.6 Å². The van der Waals surface area contributed by atoms with E-state index in [0.29, 0.717) is 19.4 Å². The highest BCUT2D eigenvalue weighted by Crippen LogP contribution is 2.28. The largest absolute Gasteiger partial charge is 0.479 e. The standard InChI is InChI=1S/C14H23NO4/c16-13(11-7-8-12(19-11)14(17)18)15-9-3-6-10-4-1-2-5-10/h10-12H,1-9H2,(H,15,16)(H,17,18). The van der Waals surface area contributed by atoms with Gasteiger partial charge in [-0.15, -0.1) is 0 Å². The normalized spacial score (nSPS) is 27.6. The number of nitrogens with one attached hydrogen (secondary N) is 1. The zero-order chi connectivity index (χ0) is 13.7. The quantitative estimate of drug-likeness (QED) is 0.720. The Kier molecular flexibility index (Phi) is 5.19. The van der Waals surface area contributed by atoms with E-state index in [0.717, 1.165) is 12.3 Å². The number of carbonyl (C=O) groups excluding carboxylic acids is 1. The molecular weight excluding hydrogens is 246 g/mol. The monoisotopic (exact) mass is 269 g/mol. The summed E-state index contributed by atoms with van der Waals surface area (Å²) in [4.78, 5) is 22.5. The molecular formula is C14H23NO4. The average Bonchev–Trinajstić information content (AvgIpc) is 3.05. The van der Waals surface area contributed by atoms with Gasteiger partial charge in [0.1, 0.15) is 6.10 Å². The molecule has 0 spiro atoms. The first-order valence-corrected chi connectivity index (χ1v) is 7.33. The van der Waals surface area contributed by atoms with Gasteiger partial charge in [-0.2, -0.15) is 0 Å². The van der Waals surface area contributed by atoms with E-state index in [2.05, 4.69) is 5.32 Å². The van der Waals surface area contributed by atoms with Gasteiger partial charge in [-0.3, -0.25) is 4.79 Å². The molecule has 1 saturated heterocycles. The Labute approximate surface area is 113 Å². The van der Waals surface area contributed by atoms with E-state index in [-0.39, 0.29) is 5.91 Å². The molecule has 2 atom stereocenters. The fraction of sp³-hybridized carbons (Fsp3) is 0.857. The van der Waals surface area contributed by atoms with Crippen molar-refractivity contribution in [3.05, 3.63) is 0 Å². The van der Waals surface area contributed by atoms with Gasteiger partial charge in [0.05, 0.1) is 0 Å². The zero-order valence-electron chi connectivity index (χ0n) is 11.3. The van der Waals surface area contributed by atoms with E-state index in [9.17, 15) is 9.59 Å². The van der Waals surface area contributed by atoms with Gasteiger partial charge in [-0.05, 0) is 31.6 Å². The third-order valence-electron chi connectivity index (χ3n) is 4.15. The molecule has 1 saturated carbocycles. The molecule has 0 radical (unpaired) electrons. The number of rotatable bonds is 6. The summed E-state index contributed by atoms with van der Waals surface area (Å²) in [5, 5.41) is 11.6. The molecule has 108 valence electrons. The molecule has 2 aliphatic rings. The number of carboxylic acid groups (broad SMARTS) is 1. The summed E-state index contributed by atoms with van der Waals surface area (Å²) in [7, 11) is 0. The van der Waals surface area contributed by atoms with Crippen LogP contribution < -0.4 is 5.32 Å². The van der Waals surface area contributed by atoms with Crippen LogP contribution in [0.4, 0.5) is 0 Å². The van der Waals surface area contributed by atoms with Gasteiger partial charge in [0.2, 0.25) is 5.91 Å². The summed E-state index contributed by atoms with van der Waals surface area (Å²) in [5.41, 5.74) is 0. The lowest BCUT2D eigenvalue weighted by Gasteiger charge is -2.13. The van der Waals surface area contributed by atoms with Gasteiger partial charge in [0, 0.05) is 6.54 Å². The smallest absolute Gasteiger partial charge is 0.332 e. The van der Waals surface area contributed by atoms with E-state index >= 15 is 0 Å². The van der Waals surface area contributed by atoms with Gasteiger partial charge < -0.3 is 15.2 Å². The molecule has 0 aromatic rings. The topological polar surface area (TPSA) is 75.6 Å². The van der Waals surface area contributed by atoms with Crippen LogP contribution in [0.5, 0.6) is 0 Å². The second kappa shape index (κ2) is 6.89. The van der Waals surface area contributed by atoms with E-state index in [1.807, 2.05) is 0 Å². The van der Waals surface area contributed by atoms with Crippen LogP contribution in [0.3, 0.4) is 0 Å². The fourth-order valence-corrected chi connectivity index (χ4v) is 3.03. The van der Waals surface area contributed by atoms with Gasteiger partial charge >= 0.3 is 5.97 Å². The highest BCUT2D eigenvalue weighted by molar-refractivity contribution is 5.82. The van der Waals surface area contributed by atoms with Crippen molar-refractivity contribution in [3.63, 3.8) is 0 Å². The Bertz CT molecular complexity index is 325. The Morgan fingerprint density at radius 1 is 1.11 bits per heavy atom. The Morgan fingerprint density at radius 2 is 1.79 bits per heavy atom. The minimum Gasteiger partial charge on any atom is -0.479 e. The SMILES string of the molecule is O=C(O)C1CCC(C(=O)NCCCC2CCCC2)O1. The fourth-order valence-electron chi connectivity index (χ4n) is 3.03. The van der Waals surface area contributed by atoms with Gasteiger partial charge in [0.15, 0.2) is 6.10 Å². The molecule has 19 heavy (non-hydrogen) atoms. The lowest BCUT2D eigenvalue weighted by Crippen LogP contribution is -2.36. The number of hydrogen-bond donors (Lipinski definition) is 2. The molecule has 1 aliphatic heterocycles. The van der Waals surface area contributed by atoms with Crippen LogP contribution in [-0.4, -0.2) is 35.7 Å². The van der Waals surface area contributed by atoms with Gasteiger partial charge in [0.25, 0.3) is 0 Å². The molecule has 2 fully saturated rings. The Morgan fingerprint density at radius 3 is 2.42 bits per heavy atom. The van der Waals surface area contributed by atoms with Gasteiger partial charge in [-0.1, -0.05) is 25.7 Å². The summed E-state index contributed by atoms with van der Waals surface area (Å²) in [6.07, 6.45) is 7.10. The number of amides is 1. The third-order valence-corrected chi connectivity index (χ3v) is 4.15. The van der Waals surface area contributed by atoms with Crippen molar-refractivity contribution >= 4 is 11.9 Å². The maximum absolute atomic E-state index is 11.8. The predicted molar refractivity (Wildman–Crippen MR) is 69.7 cm³/mol. The molecule has 0 aromatic carbocycles. The summed E-state index contributed by atoms with van der Waals surface area (Å²) < 4.78 is 5.20. The van der Waals surface area contributed by atoms with E-state index in [1.54, 1.807) is 0 Å². The van der Waals surface area contributed by atoms with Crippen molar-refractivity contribution in [3.8, 4) is 0 Å². The molecule has 5 nitrogen and oxygen atoms in total. The Hall–Kier alpha value is -1.10. The van der Waals surface area contributed by atoms with Crippen LogP contribution in [-0.2, 0) is 14.3 Å². The lowest BCUT2D eigenvalue weighted by atomic mass is 10.0. The molecule has 5 heteroatoms. The molecule has 1 heterocycles. The lowest BCUT2D eigenvalue weighted by molar-refractivity contribution is -0.151. The van der Waals surface area contributed by atoms with Crippen molar-refractivity contribution in [1.29, 1.82) is 0 Å². The molecule has 2 rings (SSSR count). The highest BCUT2D eigenvalue weighted by Gasteiger charge is 2.34. The van der Waals surface area contributed by atoms with Crippen LogP contribution in [0.2, 0.25) is 0 Å². The summed E-state index contributed by atoms with van der Waals surface area (Å²) in [6.45, 7) is 0.674. The number of hydrogen-bond acceptors (Lipinski definition) is 3. The van der Waals surface area contributed by atoms with Crippen LogP contribution in [0, 0.1) is 5.92 Å². The van der Waals surface area contributed by atoms with Crippen LogP contribution in [0.1, 0.15) is 51.4 Å². The molecule has 0 bridgehead atoms. The summed E-state index contributed by atoms with van der Waals surface area (Å²) in [6, 6.07) is 0. The third kappa shape index (κ3) is 4.20. The first-order chi connectivity index (χ1) is 9.16. The maximum Gasteiger partial charge on any atom is 0.332 e. The van der Waals surface area contributed by atoms with Crippen LogP contribution in [0.15, 0.2) is 0 Å². The highest BCUT2D eigenvalue weighted by atomic mass is 16.5. The van der Waals surface area contributed by atoms with E-state index in [1.165, 1.54) is 32.1 Å². The zero-order valence-corrected chi connectivity index (χ0v) is 11.3. The minimum absolute atomic E-state index is 0.157. The molecule has 2 unspecified atom stereocenters. The van der Waals surface area contributed by atoms with Gasteiger partial charge in [-0.25, -0.2) is 4.79 Å². The van der Waals surface area contributed by atoms with Crippen molar-refractivity contribution in [1.82, 2.24) is 5.32 Å². The number of carbonyl (C=O) groups is 2. The number of carboxylic acids is 1. The molecule has 1 aliphatic carbocycles. The predicted octanol–water partition coefficient (Wildman–Crippen LogP) is 1.71. The van der Waals surface area contributed by atoms with E-state index in [4.69, 9.17) is 9.84 Å². The maximum atomic E-state index is 11.8. The summed E-state index contributed by atoms with van der Waals surface area (Å²) >= 11 is 0. The van der Waals surface area contributed by atoms with Crippen molar-refractivity contribution in [2.24, 2.45) is 5.92 Å². The Balaban J connectivity index is 1.58. The summed E-state index contributed by atoms with van der Waals surface area (Å²) in [5.74, 6) is -0.289. The van der Waals surface area contributed by atoms with Crippen molar-refractivity contribution < 1.29 is 19.4 Å². The van der Waals surface area contributed by atoms with Crippen LogP contribution >= 0.6 is 0 Å². The second-order valence-electron chi connectivity index (χ2n) is 5.61. The van der Waals surface area contributed by atoms with Crippen molar-refractivity contribution in [2.75, 3.05) is 6.54 Å². The molecule has 1 amide bonds. The van der Waals surface area contributed by atoms with Crippen LogP contribution in [0.25, 0.3) is 0 Å². The minimum atomic E-state index is -0.975.